The third kappa shape index (κ3) is 3.64. The molecule has 1 saturated carbocycles. The lowest BCUT2D eigenvalue weighted by atomic mass is 9.98. The van der Waals surface area contributed by atoms with Gasteiger partial charge in [-0.15, -0.1) is 12.4 Å². The van der Waals surface area contributed by atoms with Crippen molar-refractivity contribution in [2.75, 3.05) is 19.6 Å². The Morgan fingerprint density at radius 2 is 1.91 bits per heavy atom. The molecule has 1 aliphatic heterocycles. The Labute approximate surface area is 139 Å². The van der Waals surface area contributed by atoms with E-state index in [1.54, 1.807) is 0 Å². The normalized spacial score (nSPS) is 22.4. The van der Waals surface area contributed by atoms with Crippen LogP contribution in [0, 0.1) is 5.92 Å². The third-order valence-electron chi connectivity index (χ3n) is 5.00. The van der Waals surface area contributed by atoms with Crippen LogP contribution in [0.15, 0.2) is 24.3 Å². The molecule has 0 aromatic heterocycles. The van der Waals surface area contributed by atoms with E-state index in [1.165, 1.54) is 24.0 Å². The maximum Gasteiger partial charge on any atom is 0.226 e. The van der Waals surface area contributed by atoms with Gasteiger partial charge in [-0.05, 0) is 30.4 Å². The summed E-state index contributed by atoms with van der Waals surface area (Å²) in [5.74, 6) is 0.666. The van der Waals surface area contributed by atoms with Gasteiger partial charge in [0.2, 0.25) is 5.91 Å². The number of amides is 1. The first-order valence-corrected chi connectivity index (χ1v) is 8.39. The molecule has 1 N–H and O–H groups in total. The van der Waals surface area contributed by atoms with Crippen molar-refractivity contribution in [3.63, 3.8) is 0 Å². The highest BCUT2D eigenvalue weighted by molar-refractivity contribution is 5.85. The summed E-state index contributed by atoms with van der Waals surface area (Å²) in [6, 6.07) is 9.00. The fourth-order valence-corrected chi connectivity index (χ4v) is 3.65. The number of carbonyl (C=O) groups excluding carboxylic acids is 1. The number of nitrogens with zero attached hydrogens (tertiary/aromatic N) is 1. The van der Waals surface area contributed by atoms with E-state index >= 15 is 0 Å². The van der Waals surface area contributed by atoms with Gasteiger partial charge in [0.25, 0.3) is 0 Å². The Bertz CT molecular complexity index is 482. The highest BCUT2D eigenvalue weighted by Crippen LogP contribution is 2.31. The van der Waals surface area contributed by atoms with Crippen molar-refractivity contribution < 1.29 is 4.79 Å². The largest absolute Gasteiger partial charge is 0.333 e. The van der Waals surface area contributed by atoms with Gasteiger partial charge in [-0.25, -0.2) is 0 Å². The predicted octanol–water partition coefficient (Wildman–Crippen LogP) is 3.33. The van der Waals surface area contributed by atoms with Crippen molar-refractivity contribution in [2.45, 2.75) is 45.1 Å². The van der Waals surface area contributed by atoms with Crippen molar-refractivity contribution in [3.8, 4) is 0 Å². The molecule has 1 amide bonds. The number of benzene rings is 1. The van der Waals surface area contributed by atoms with Crippen molar-refractivity contribution in [3.05, 3.63) is 35.4 Å². The molecule has 1 unspecified atom stereocenters. The molecule has 1 aromatic rings. The van der Waals surface area contributed by atoms with Crippen LogP contribution in [0.25, 0.3) is 0 Å². The number of carbonyl (C=O) groups is 1. The summed E-state index contributed by atoms with van der Waals surface area (Å²) in [5, 5.41) is 3.44. The van der Waals surface area contributed by atoms with E-state index in [0.717, 1.165) is 38.9 Å². The lowest BCUT2D eigenvalue weighted by molar-refractivity contribution is -0.138. The molecule has 2 aliphatic rings. The first-order chi connectivity index (χ1) is 10.3. The van der Waals surface area contributed by atoms with Crippen LogP contribution in [0.4, 0.5) is 0 Å². The molecule has 1 heterocycles. The molecule has 1 aromatic carbocycles. The minimum Gasteiger partial charge on any atom is -0.333 e. The molecule has 1 aliphatic carbocycles. The Hall–Kier alpha value is -1.06. The van der Waals surface area contributed by atoms with Gasteiger partial charge in [-0.1, -0.05) is 44.0 Å². The van der Waals surface area contributed by atoms with Gasteiger partial charge in [0.05, 0.1) is 6.04 Å². The van der Waals surface area contributed by atoms with Crippen LogP contribution >= 0.6 is 12.4 Å². The van der Waals surface area contributed by atoms with Crippen LogP contribution in [-0.2, 0) is 11.2 Å². The van der Waals surface area contributed by atoms with E-state index < -0.39 is 0 Å². The molecule has 4 heteroatoms. The van der Waals surface area contributed by atoms with E-state index in [0.29, 0.717) is 5.91 Å². The van der Waals surface area contributed by atoms with E-state index in [9.17, 15) is 4.79 Å². The quantitative estimate of drug-likeness (QED) is 0.925. The number of nitrogens with one attached hydrogen (secondary N) is 1. The molecule has 1 atom stereocenters. The fraction of sp³-hybridized carbons (Fsp3) is 0.611. The number of aryl methyl sites for hydroxylation is 1. The van der Waals surface area contributed by atoms with Crippen molar-refractivity contribution in [2.24, 2.45) is 5.92 Å². The van der Waals surface area contributed by atoms with Crippen LogP contribution in [-0.4, -0.2) is 30.4 Å². The molecule has 0 bridgehead atoms. The Kier molecular flexibility index (Phi) is 6.27. The number of hydrogen-bond donors (Lipinski definition) is 1. The summed E-state index contributed by atoms with van der Waals surface area (Å²) >= 11 is 0. The summed E-state index contributed by atoms with van der Waals surface area (Å²) in [4.78, 5) is 14.9. The van der Waals surface area contributed by atoms with E-state index in [-0.39, 0.29) is 24.4 Å². The van der Waals surface area contributed by atoms with Gasteiger partial charge in [0.15, 0.2) is 0 Å². The molecule has 3 rings (SSSR count). The molecule has 122 valence electrons. The van der Waals surface area contributed by atoms with Crippen molar-refractivity contribution in [1.82, 2.24) is 10.2 Å². The molecular weight excluding hydrogens is 296 g/mol. The second kappa shape index (κ2) is 7.98. The van der Waals surface area contributed by atoms with Crippen LogP contribution in [0.3, 0.4) is 0 Å². The molecule has 22 heavy (non-hydrogen) atoms. The van der Waals surface area contributed by atoms with E-state index in [1.807, 2.05) is 0 Å². The summed E-state index contributed by atoms with van der Waals surface area (Å²) in [5.41, 5.74) is 2.63. The first kappa shape index (κ1) is 17.3. The SMILES string of the molecule is CCc1ccc(C2CNCCN2C(=O)C2CCCC2)cc1.Cl. The highest BCUT2D eigenvalue weighted by Gasteiger charge is 2.33. The van der Waals surface area contributed by atoms with Crippen LogP contribution in [0.1, 0.15) is 49.8 Å². The molecular formula is C18H27ClN2O. The topological polar surface area (TPSA) is 32.3 Å². The fourth-order valence-electron chi connectivity index (χ4n) is 3.65. The smallest absolute Gasteiger partial charge is 0.226 e. The zero-order valence-electron chi connectivity index (χ0n) is 13.4. The average molecular weight is 323 g/mol. The summed E-state index contributed by atoms with van der Waals surface area (Å²) in [7, 11) is 0. The first-order valence-electron chi connectivity index (χ1n) is 8.39. The standard InChI is InChI=1S/C18H26N2O.ClH/c1-2-14-7-9-15(10-8-14)17-13-19-11-12-20(17)18(21)16-5-3-4-6-16;/h7-10,16-17,19H,2-6,11-13H2,1H3;1H. The number of halogens is 1. The summed E-state index contributed by atoms with van der Waals surface area (Å²) in [6.45, 7) is 4.81. The van der Waals surface area contributed by atoms with E-state index in [2.05, 4.69) is 41.4 Å². The van der Waals surface area contributed by atoms with Crippen molar-refractivity contribution in [1.29, 1.82) is 0 Å². The van der Waals surface area contributed by atoms with E-state index in [4.69, 9.17) is 0 Å². The predicted molar refractivity (Wildman–Crippen MR) is 92.3 cm³/mol. The highest BCUT2D eigenvalue weighted by atomic mass is 35.5. The average Bonchev–Trinajstić information content (AvgIpc) is 3.09. The monoisotopic (exact) mass is 322 g/mol. The molecule has 0 radical (unpaired) electrons. The number of hydrogen-bond acceptors (Lipinski definition) is 2. The minimum atomic E-state index is 0. The van der Waals surface area contributed by atoms with Gasteiger partial charge in [0.1, 0.15) is 0 Å². The summed E-state index contributed by atoms with van der Waals surface area (Å²) in [6.07, 6.45) is 5.68. The third-order valence-corrected chi connectivity index (χ3v) is 5.00. The van der Waals surface area contributed by atoms with Gasteiger partial charge >= 0.3 is 0 Å². The Morgan fingerprint density at radius 1 is 1.23 bits per heavy atom. The Balaban J connectivity index is 0.00000176. The molecule has 3 nitrogen and oxygen atoms in total. The second-order valence-electron chi connectivity index (χ2n) is 6.33. The number of piperazine rings is 1. The van der Waals surface area contributed by atoms with Gasteiger partial charge in [0, 0.05) is 25.6 Å². The van der Waals surface area contributed by atoms with Crippen molar-refractivity contribution >= 4 is 18.3 Å². The molecule has 1 saturated heterocycles. The van der Waals surface area contributed by atoms with Gasteiger partial charge in [-0.3, -0.25) is 4.79 Å². The lowest BCUT2D eigenvalue weighted by Crippen LogP contribution is -2.50. The maximum atomic E-state index is 12.8. The minimum absolute atomic E-state index is 0. The molecule has 0 spiro atoms. The van der Waals surface area contributed by atoms with Crippen LogP contribution < -0.4 is 5.32 Å². The van der Waals surface area contributed by atoms with Crippen LogP contribution in [0.2, 0.25) is 0 Å². The van der Waals surface area contributed by atoms with Gasteiger partial charge < -0.3 is 10.2 Å². The molecule has 2 fully saturated rings. The summed E-state index contributed by atoms with van der Waals surface area (Å²) < 4.78 is 0. The maximum absolute atomic E-state index is 12.8. The zero-order chi connectivity index (χ0) is 14.7. The lowest BCUT2D eigenvalue weighted by Gasteiger charge is -2.38. The van der Waals surface area contributed by atoms with Gasteiger partial charge in [-0.2, -0.15) is 0 Å². The van der Waals surface area contributed by atoms with Crippen LogP contribution in [0.5, 0.6) is 0 Å². The number of rotatable bonds is 3. The second-order valence-corrected chi connectivity index (χ2v) is 6.33. The zero-order valence-corrected chi connectivity index (χ0v) is 14.2. The Morgan fingerprint density at radius 3 is 2.55 bits per heavy atom.